The van der Waals surface area contributed by atoms with Crippen molar-refractivity contribution in [2.24, 2.45) is 0 Å². The Labute approximate surface area is 172 Å². The van der Waals surface area contributed by atoms with Gasteiger partial charge in [-0.05, 0) is 42.8 Å². The number of rotatable bonds is 5. The van der Waals surface area contributed by atoms with Gasteiger partial charge in [0.2, 0.25) is 0 Å². The molecule has 2 heterocycles. The minimum Gasteiger partial charge on any atom is -0.494 e. The third-order valence-corrected chi connectivity index (χ3v) is 5.84. The Kier molecular flexibility index (Phi) is 5.15. The van der Waals surface area contributed by atoms with Gasteiger partial charge in [0.1, 0.15) is 17.0 Å². The average Bonchev–Trinajstić information content (AvgIpc) is 2.74. The normalized spacial score (nSPS) is 13.2. The summed E-state index contributed by atoms with van der Waals surface area (Å²) >= 11 is 1.38. The molecule has 0 N–H and O–H groups in total. The summed E-state index contributed by atoms with van der Waals surface area (Å²) in [5.74, 6) is 1.38. The van der Waals surface area contributed by atoms with Crippen LogP contribution in [0.5, 0.6) is 11.5 Å². The zero-order chi connectivity index (χ0) is 20.5. The van der Waals surface area contributed by atoms with Crippen LogP contribution in [0.4, 0.5) is 5.69 Å². The number of anilines is 1. The largest absolute Gasteiger partial charge is 0.494 e. The number of Topliss-reactive ketones (excluding diaryl/α,β-unsaturated/α-hetero) is 1. The maximum atomic E-state index is 12.7. The van der Waals surface area contributed by atoms with Crippen molar-refractivity contribution in [1.29, 1.82) is 0 Å². The van der Waals surface area contributed by atoms with Gasteiger partial charge in [-0.1, -0.05) is 23.9 Å². The number of hydrogen-bond acceptors (Lipinski definition) is 6. The summed E-state index contributed by atoms with van der Waals surface area (Å²) in [5.41, 5.74) is 3.02. The fourth-order valence-corrected chi connectivity index (χ4v) is 4.13. The van der Waals surface area contributed by atoms with E-state index in [9.17, 15) is 9.59 Å². The summed E-state index contributed by atoms with van der Waals surface area (Å²) in [5, 5.41) is 1.80. The van der Waals surface area contributed by atoms with Crippen molar-refractivity contribution in [2.45, 2.75) is 11.9 Å². The van der Waals surface area contributed by atoms with Crippen LogP contribution in [0, 0.1) is 6.92 Å². The smallest absolute Gasteiger partial charge is 0.264 e. The number of thioether (sulfide) groups is 1. The first-order chi connectivity index (χ1) is 14.0. The van der Waals surface area contributed by atoms with Crippen LogP contribution in [0.2, 0.25) is 0 Å². The van der Waals surface area contributed by atoms with Gasteiger partial charge in [0, 0.05) is 18.0 Å². The summed E-state index contributed by atoms with van der Waals surface area (Å²) in [6.07, 6.45) is 0. The Hall–Kier alpha value is -3.06. The van der Waals surface area contributed by atoms with Crippen LogP contribution in [0.3, 0.4) is 0 Å². The lowest BCUT2D eigenvalue weighted by atomic mass is 10.1. The van der Waals surface area contributed by atoms with Crippen molar-refractivity contribution >= 4 is 40.0 Å². The maximum absolute atomic E-state index is 12.7. The van der Waals surface area contributed by atoms with Crippen molar-refractivity contribution in [3.8, 4) is 11.5 Å². The molecule has 1 amide bonds. The Balaban J connectivity index is 1.55. The second kappa shape index (κ2) is 7.75. The first-order valence-corrected chi connectivity index (χ1v) is 10.1. The monoisotopic (exact) mass is 408 g/mol. The molecule has 0 spiro atoms. The van der Waals surface area contributed by atoms with Crippen molar-refractivity contribution in [2.75, 3.05) is 31.4 Å². The van der Waals surface area contributed by atoms with Crippen LogP contribution < -0.4 is 14.4 Å². The first-order valence-electron chi connectivity index (χ1n) is 9.11. The molecule has 29 heavy (non-hydrogen) atoms. The maximum Gasteiger partial charge on any atom is 0.264 e. The molecule has 0 radical (unpaired) electrons. The Morgan fingerprint density at radius 1 is 1.28 bits per heavy atom. The number of carbonyl (C=O) groups is 2. The molecule has 1 aromatic heterocycles. The van der Waals surface area contributed by atoms with E-state index in [0.29, 0.717) is 22.7 Å². The lowest BCUT2D eigenvalue weighted by Gasteiger charge is -2.26. The number of carbonyl (C=O) groups excluding carboxylic acids is 2. The van der Waals surface area contributed by atoms with E-state index >= 15 is 0 Å². The zero-order valence-corrected chi connectivity index (χ0v) is 17.2. The zero-order valence-electron chi connectivity index (χ0n) is 16.4. The number of ketones is 1. The molecule has 2 aromatic carbocycles. The predicted molar refractivity (Wildman–Crippen MR) is 113 cm³/mol. The van der Waals surface area contributed by atoms with Gasteiger partial charge in [0.05, 0.1) is 23.6 Å². The van der Waals surface area contributed by atoms with Crippen molar-refractivity contribution in [3.05, 3.63) is 53.6 Å². The van der Waals surface area contributed by atoms with Crippen molar-refractivity contribution in [3.63, 3.8) is 0 Å². The highest BCUT2D eigenvalue weighted by molar-refractivity contribution is 7.99. The molecule has 1 aliphatic rings. The summed E-state index contributed by atoms with van der Waals surface area (Å²) in [4.78, 5) is 30.8. The van der Waals surface area contributed by atoms with Gasteiger partial charge >= 0.3 is 0 Å². The van der Waals surface area contributed by atoms with E-state index in [1.165, 1.54) is 16.7 Å². The molecular weight excluding hydrogens is 388 g/mol. The minimum atomic E-state index is -0.138. The van der Waals surface area contributed by atoms with Crippen LogP contribution in [0.1, 0.15) is 15.9 Å². The fourth-order valence-electron chi connectivity index (χ4n) is 3.27. The van der Waals surface area contributed by atoms with Gasteiger partial charge in [-0.15, -0.1) is 0 Å². The number of pyridine rings is 1. The number of para-hydroxylation sites is 1. The van der Waals surface area contributed by atoms with Crippen LogP contribution in [0.15, 0.2) is 47.5 Å². The van der Waals surface area contributed by atoms with Gasteiger partial charge in [-0.25, -0.2) is 4.98 Å². The minimum absolute atomic E-state index is 0.0170. The van der Waals surface area contributed by atoms with Crippen molar-refractivity contribution in [1.82, 2.24) is 4.98 Å². The number of hydrogen-bond donors (Lipinski definition) is 0. The number of amides is 1. The van der Waals surface area contributed by atoms with Gasteiger partial charge in [-0.2, -0.15) is 0 Å². The molecule has 0 bridgehead atoms. The van der Waals surface area contributed by atoms with E-state index in [2.05, 4.69) is 4.98 Å². The van der Waals surface area contributed by atoms with E-state index in [1.807, 2.05) is 31.2 Å². The Morgan fingerprint density at radius 3 is 2.90 bits per heavy atom. The van der Waals surface area contributed by atoms with E-state index in [-0.39, 0.29) is 24.1 Å². The molecule has 1 aliphatic heterocycles. The average molecular weight is 408 g/mol. The number of ether oxygens (including phenoxy) is 2. The molecule has 0 atom stereocenters. The number of aryl methyl sites for hydroxylation is 1. The predicted octanol–water partition coefficient (Wildman–Crippen LogP) is 3.88. The molecule has 148 valence electrons. The summed E-state index contributed by atoms with van der Waals surface area (Å²) in [6, 6.07) is 13.0. The molecule has 0 saturated heterocycles. The SMILES string of the molecule is COc1cccc2c(C)cc(SCC(=O)c3ccc4c(c3)N(C)C(=O)CO4)nc12. The van der Waals surface area contributed by atoms with E-state index < -0.39 is 0 Å². The topological polar surface area (TPSA) is 68.7 Å². The quantitative estimate of drug-likeness (QED) is 0.471. The molecule has 0 fully saturated rings. The number of fused-ring (bicyclic) bond motifs is 2. The standard InChI is InChI=1S/C22H20N2O4S/c1-13-9-20(23-22-15(13)5-4-6-19(22)27-3)29-12-17(25)14-7-8-18-16(10-14)24(2)21(26)11-28-18/h4-10H,11-12H2,1-3H3. The third-order valence-electron chi connectivity index (χ3n) is 4.92. The Bertz CT molecular complexity index is 1130. The van der Waals surface area contributed by atoms with Gasteiger partial charge in [-0.3, -0.25) is 9.59 Å². The van der Waals surface area contributed by atoms with Crippen LogP contribution in [-0.2, 0) is 4.79 Å². The molecular formula is C22H20N2O4S. The van der Waals surface area contributed by atoms with E-state index in [0.717, 1.165) is 21.5 Å². The van der Waals surface area contributed by atoms with Gasteiger partial charge in [0.25, 0.3) is 5.91 Å². The molecule has 3 aromatic rings. The number of methoxy groups -OCH3 is 1. The number of likely N-dealkylation sites (N-methyl/N-ethyl adjacent to an activating group) is 1. The van der Waals surface area contributed by atoms with Crippen LogP contribution >= 0.6 is 11.8 Å². The lowest BCUT2D eigenvalue weighted by Crippen LogP contribution is -2.35. The van der Waals surface area contributed by atoms with Crippen LogP contribution in [-0.4, -0.2) is 43.2 Å². The van der Waals surface area contributed by atoms with E-state index in [4.69, 9.17) is 9.47 Å². The fraction of sp³-hybridized carbons (Fsp3) is 0.227. The molecule has 6 nitrogen and oxygen atoms in total. The highest BCUT2D eigenvalue weighted by Gasteiger charge is 2.23. The second-order valence-electron chi connectivity index (χ2n) is 6.77. The summed E-state index contributed by atoms with van der Waals surface area (Å²) in [7, 11) is 3.30. The van der Waals surface area contributed by atoms with Gasteiger partial charge in [0.15, 0.2) is 12.4 Å². The third kappa shape index (κ3) is 3.65. The molecule has 4 rings (SSSR count). The number of benzene rings is 2. The highest BCUT2D eigenvalue weighted by atomic mass is 32.2. The van der Waals surface area contributed by atoms with Crippen LogP contribution in [0.25, 0.3) is 10.9 Å². The first kappa shape index (κ1) is 19.3. The highest BCUT2D eigenvalue weighted by Crippen LogP contribution is 2.33. The Morgan fingerprint density at radius 2 is 2.10 bits per heavy atom. The summed E-state index contributed by atoms with van der Waals surface area (Å²) in [6.45, 7) is 2.04. The molecule has 0 aliphatic carbocycles. The van der Waals surface area contributed by atoms with E-state index in [1.54, 1.807) is 32.4 Å². The summed E-state index contributed by atoms with van der Waals surface area (Å²) < 4.78 is 10.8. The molecule has 7 heteroatoms. The number of aromatic nitrogens is 1. The van der Waals surface area contributed by atoms with Gasteiger partial charge < -0.3 is 14.4 Å². The lowest BCUT2D eigenvalue weighted by molar-refractivity contribution is -0.120. The molecule has 0 saturated carbocycles. The number of nitrogens with zero attached hydrogens (tertiary/aromatic N) is 2. The molecule has 0 unspecified atom stereocenters. The second-order valence-corrected chi connectivity index (χ2v) is 7.77. The van der Waals surface area contributed by atoms with Crippen molar-refractivity contribution < 1.29 is 19.1 Å².